The first kappa shape index (κ1) is 15.8. The number of aryl methyl sites for hydroxylation is 2. The van der Waals surface area contributed by atoms with E-state index in [0.29, 0.717) is 6.04 Å². The van der Waals surface area contributed by atoms with E-state index in [-0.39, 0.29) is 0 Å². The van der Waals surface area contributed by atoms with Crippen LogP contribution < -0.4 is 5.32 Å². The third kappa shape index (κ3) is 4.21. The maximum absolute atomic E-state index is 3.62. The Kier molecular flexibility index (Phi) is 5.63. The van der Waals surface area contributed by atoms with Gasteiger partial charge in [-0.05, 0) is 61.6 Å². The summed E-state index contributed by atoms with van der Waals surface area (Å²) < 4.78 is 2.29. The van der Waals surface area contributed by atoms with Gasteiger partial charge in [-0.15, -0.1) is 0 Å². The highest BCUT2D eigenvalue weighted by molar-refractivity contribution is 5.30. The summed E-state index contributed by atoms with van der Waals surface area (Å²) in [7, 11) is 0. The Morgan fingerprint density at radius 2 is 1.90 bits per heavy atom. The van der Waals surface area contributed by atoms with E-state index in [9.17, 15) is 0 Å². The minimum absolute atomic E-state index is 0.478. The summed E-state index contributed by atoms with van der Waals surface area (Å²) in [6.45, 7) is 10.8. The molecule has 0 bridgehead atoms. The van der Waals surface area contributed by atoms with Gasteiger partial charge in [0, 0.05) is 25.0 Å². The van der Waals surface area contributed by atoms with Gasteiger partial charge in [-0.25, -0.2) is 0 Å². The van der Waals surface area contributed by atoms with E-state index in [4.69, 9.17) is 0 Å². The van der Waals surface area contributed by atoms with Crippen LogP contribution in [0.3, 0.4) is 0 Å². The maximum Gasteiger partial charge on any atom is 0.0470 e. The van der Waals surface area contributed by atoms with Crippen molar-refractivity contribution in [1.29, 1.82) is 0 Å². The first-order valence-electron chi connectivity index (χ1n) is 8.09. The molecule has 1 atom stereocenters. The smallest absolute Gasteiger partial charge is 0.0470 e. The normalized spacial score (nSPS) is 12.6. The summed E-state index contributed by atoms with van der Waals surface area (Å²) in [5.74, 6) is 0. The van der Waals surface area contributed by atoms with Crippen LogP contribution in [0.1, 0.15) is 55.0 Å². The number of hydrogen-bond acceptors (Lipinski definition) is 1. The van der Waals surface area contributed by atoms with Crippen molar-refractivity contribution in [2.75, 3.05) is 6.54 Å². The topological polar surface area (TPSA) is 17.0 Å². The highest BCUT2D eigenvalue weighted by Crippen LogP contribution is 2.18. The fraction of sp³-hybridized carbons (Fsp3) is 0.474. The Bertz CT molecular complexity index is 569. The number of nitrogens with one attached hydrogen (secondary N) is 1. The van der Waals surface area contributed by atoms with Gasteiger partial charge in [-0.3, -0.25) is 0 Å². The van der Waals surface area contributed by atoms with Gasteiger partial charge in [-0.2, -0.15) is 0 Å². The summed E-state index contributed by atoms with van der Waals surface area (Å²) in [4.78, 5) is 0. The number of aromatic nitrogens is 1. The second-order valence-electron chi connectivity index (χ2n) is 5.95. The molecular weight excluding hydrogens is 256 g/mol. The van der Waals surface area contributed by atoms with E-state index in [1.165, 1.54) is 28.7 Å². The van der Waals surface area contributed by atoms with E-state index < -0.39 is 0 Å². The van der Waals surface area contributed by atoms with Crippen LogP contribution in [0.2, 0.25) is 0 Å². The second kappa shape index (κ2) is 7.46. The average molecular weight is 284 g/mol. The largest absolute Gasteiger partial charge is 0.350 e. The van der Waals surface area contributed by atoms with E-state index in [1.807, 2.05) is 0 Å². The third-order valence-corrected chi connectivity index (χ3v) is 4.16. The Morgan fingerprint density at radius 1 is 1.10 bits per heavy atom. The van der Waals surface area contributed by atoms with Crippen molar-refractivity contribution in [3.63, 3.8) is 0 Å². The number of rotatable bonds is 7. The van der Waals surface area contributed by atoms with Crippen LogP contribution in [0.15, 0.2) is 36.7 Å². The van der Waals surface area contributed by atoms with Crippen LogP contribution in [0, 0.1) is 13.8 Å². The predicted octanol–water partition coefficient (Wildman–Crippen LogP) is 4.60. The molecule has 0 saturated carbocycles. The number of nitrogens with zero attached hydrogens (tertiary/aromatic N) is 1. The van der Waals surface area contributed by atoms with Crippen LogP contribution >= 0.6 is 0 Å². The Morgan fingerprint density at radius 3 is 2.57 bits per heavy atom. The average Bonchev–Trinajstić information content (AvgIpc) is 2.92. The van der Waals surface area contributed by atoms with Crippen molar-refractivity contribution in [2.24, 2.45) is 0 Å². The van der Waals surface area contributed by atoms with Gasteiger partial charge in [0.2, 0.25) is 0 Å². The number of hydrogen-bond donors (Lipinski definition) is 1. The molecule has 114 valence electrons. The quantitative estimate of drug-likeness (QED) is 0.786. The van der Waals surface area contributed by atoms with E-state index >= 15 is 0 Å². The molecule has 0 saturated heterocycles. The molecule has 1 heterocycles. The zero-order chi connectivity index (χ0) is 15.2. The summed E-state index contributed by atoms with van der Waals surface area (Å²) >= 11 is 0. The maximum atomic E-state index is 3.62. The van der Waals surface area contributed by atoms with Crippen molar-refractivity contribution >= 4 is 0 Å². The Labute approximate surface area is 129 Å². The highest BCUT2D eigenvalue weighted by atomic mass is 15.0. The lowest BCUT2D eigenvalue weighted by Crippen LogP contribution is -2.21. The Balaban J connectivity index is 2.06. The van der Waals surface area contributed by atoms with Crippen molar-refractivity contribution in [3.05, 3.63) is 58.9 Å². The zero-order valence-electron chi connectivity index (χ0n) is 13.8. The van der Waals surface area contributed by atoms with E-state index in [2.05, 4.69) is 74.2 Å². The lowest BCUT2D eigenvalue weighted by molar-refractivity contribution is 0.517. The molecule has 1 aromatic carbocycles. The monoisotopic (exact) mass is 284 g/mol. The lowest BCUT2D eigenvalue weighted by Gasteiger charge is -2.15. The molecule has 0 aliphatic rings. The fourth-order valence-electron chi connectivity index (χ4n) is 2.69. The Hall–Kier alpha value is -1.54. The first-order chi connectivity index (χ1) is 10.1. The molecule has 0 amide bonds. The molecule has 2 heteroatoms. The molecule has 2 nitrogen and oxygen atoms in total. The number of benzene rings is 1. The van der Waals surface area contributed by atoms with Crippen molar-refractivity contribution in [2.45, 2.75) is 53.1 Å². The predicted molar refractivity (Wildman–Crippen MR) is 90.8 cm³/mol. The standard InChI is InChI=1S/C19H28N2/c1-5-10-20-19(6-2)18-9-11-21(14-18)13-17-8-7-15(3)16(4)12-17/h7-9,11-12,14,19-20H,5-6,10,13H2,1-4H3. The van der Waals surface area contributed by atoms with Gasteiger partial charge >= 0.3 is 0 Å². The van der Waals surface area contributed by atoms with Crippen LogP contribution in [0.4, 0.5) is 0 Å². The van der Waals surface area contributed by atoms with E-state index in [0.717, 1.165) is 19.5 Å². The molecule has 0 aliphatic heterocycles. The van der Waals surface area contributed by atoms with Crippen molar-refractivity contribution in [3.8, 4) is 0 Å². The minimum atomic E-state index is 0.478. The summed E-state index contributed by atoms with van der Waals surface area (Å²) in [5.41, 5.74) is 5.50. The SMILES string of the molecule is CCCNC(CC)c1ccn(Cc2ccc(C)c(C)c2)c1. The molecule has 1 N–H and O–H groups in total. The molecule has 2 aromatic rings. The molecule has 2 rings (SSSR count). The van der Waals surface area contributed by atoms with Crippen molar-refractivity contribution in [1.82, 2.24) is 9.88 Å². The van der Waals surface area contributed by atoms with Crippen LogP contribution in [-0.4, -0.2) is 11.1 Å². The van der Waals surface area contributed by atoms with Gasteiger partial charge in [0.15, 0.2) is 0 Å². The fourth-order valence-corrected chi connectivity index (χ4v) is 2.69. The van der Waals surface area contributed by atoms with Gasteiger partial charge in [0.05, 0.1) is 0 Å². The molecule has 21 heavy (non-hydrogen) atoms. The first-order valence-corrected chi connectivity index (χ1v) is 8.09. The second-order valence-corrected chi connectivity index (χ2v) is 5.95. The molecule has 1 aromatic heterocycles. The molecule has 0 spiro atoms. The highest BCUT2D eigenvalue weighted by Gasteiger charge is 2.09. The minimum Gasteiger partial charge on any atom is -0.350 e. The van der Waals surface area contributed by atoms with Gasteiger partial charge in [0.25, 0.3) is 0 Å². The van der Waals surface area contributed by atoms with E-state index in [1.54, 1.807) is 0 Å². The van der Waals surface area contributed by atoms with Crippen molar-refractivity contribution < 1.29 is 0 Å². The molecular formula is C19H28N2. The van der Waals surface area contributed by atoms with Crippen LogP contribution in [0.5, 0.6) is 0 Å². The summed E-state index contributed by atoms with van der Waals surface area (Å²) in [6.07, 6.45) is 6.79. The zero-order valence-corrected chi connectivity index (χ0v) is 13.8. The summed E-state index contributed by atoms with van der Waals surface area (Å²) in [5, 5.41) is 3.62. The van der Waals surface area contributed by atoms with Gasteiger partial charge in [0.1, 0.15) is 0 Å². The summed E-state index contributed by atoms with van der Waals surface area (Å²) in [6, 6.07) is 9.46. The van der Waals surface area contributed by atoms with Crippen LogP contribution in [-0.2, 0) is 6.54 Å². The van der Waals surface area contributed by atoms with Gasteiger partial charge in [-0.1, -0.05) is 32.0 Å². The third-order valence-electron chi connectivity index (χ3n) is 4.16. The van der Waals surface area contributed by atoms with Crippen LogP contribution in [0.25, 0.3) is 0 Å². The molecule has 0 radical (unpaired) electrons. The molecule has 1 unspecified atom stereocenters. The molecule has 0 aliphatic carbocycles. The van der Waals surface area contributed by atoms with Gasteiger partial charge < -0.3 is 9.88 Å². The lowest BCUT2D eigenvalue weighted by atomic mass is 10.1. The molecule has 0 fully saturated rings.